The zero-order chi connectivity index (χ0) is 15.6. The molecule has 0 aromatic carbocycles. The van der Waals surface area contributed by atoms with Crippen LogP contribution in [-0.4, -0.2) is 56.2 Å². The first-order valence-electron chi connectivity index (χ1n) is 7.24. The zero-order valence-electron chi connectivity index (χ0n) is 13.1. The fourth-order valence-electron chi connectivity index (χ4n) is 2.30. The van der Waals surface area contributed by atoms with E-state index >= 15 is 0 Å². The van der Waals surface area contributed by atoms with Gasteiger partial charge in [0.1, 0.15) is 0 Å². The molecule has 0 saturated heterocycles. The van der Waals surface area contributed by atoms with Crippen molar-refractivity contribution in [2.24, 2.45) is 0 Å². The van der Waals surface area contributed by atoms with Crippen molar-refractivity contribution in [3.8, 4) is 0 Å². The minimum atomic E-state index is -3.60. The first-order valence-corrected chi connectivity index (χ1v) is 8.72. The number of H-pyrrole nitrogens is 1. The standard InChI is InChI=1S/C13H25N5O2S/c1-9(8-18(3)4)17-21(19,20)13-12(10(2)15-16-13)7-14-11-5-6-11/h9,11,14,17H,5-8H2,1-4H3,(H,15,16). The Bertz CT molecular complexity index is 577. The molecule has 1 aromatic rings. The second-order valence-corrected chi connectivity index (χ2v) is 7.70. The van der Waals surface area contributed by atoms with Crippen LogP contribution in [0.4, 0.5) is 0 Å². The number of aromatic amines is 1. The van der Waals surface area contributed by atoms with Crippen molar-refractivity contribution in [2.45, 2.75) is 50.3 Å². The summed E-state index contributed by atoms with van der Waals surface area (Å²) < 4.78 is 27.6. The van der Waals surface area contributed by atoms with Crippen LogP contribution in [0.3, 0.4) is 0 Å². The average molecular weight is 315 g/mol. The molecular formula is C13H25N5O2S. The summed E-state index contributed by atoms with van der Waals surface area (Å²) >= 11 is 0. The van der Waals surface area contributed by atoms with Crippen LogP contribution in [0.25, 0.3) is 0 Å². The van der Waals surface area contributed by atoms with E-state index in [1.54, 1.807) is 0 Å². The van der Waals surface area contributed by atoms with Gasteiger partial charge in [0.15, 0.2) is 5.03 Å². The molecule has 1 atom stereocenters. The maximum atomic E-state index is 12.5. The van der Waals surface area contributed by atoms with Gasteiger partial charge in [-0.1, -0.05) is 0 Å². The summed E-state index contributed by atoms with van der Waals surface area (Å²) in [6, 6.07) is 0.349. The fraction of sp³-hybridized carbons (Fsp3) is 0.769. The van der Waals surface area contributed by atoms with E-state index in [1.807, 2.05) is 32.8 Å². The van der Waals surface area contributed by atoms with Crippen molar-refractivity contribution in [3.05, 3.63) is 11.3 Å². The monoisotopic (exact) mass is 315 g/mol. The molecule has 1 saturated carbocycles. The Hall–Kier alpha value is -0.960. The van der Waals surface area contributed by atoms with Gasteiger partial charge >= 0.3 is 0 Å². The van der Waals surface area contributed by atoms with Crippen LogP contribution in [0.5, 0.6) is 0 Å². The molecule has 120 valence electrons. The highest BCUT2D eigenvalue weighted by atomic mass is 32.2. The lowest BCUT2D eigenvalue weighted by Crippen LogP contribution is -2.40. The molecule has 0 bridgehead atoms. The van der Waals surface area contributed by atoms with E-state index in [0.29, 0.717) is 19.1 Å². The lowest BCUT2D eigenvalue weighted by atomic mass is 10.2. The predicted molar refractivity (Wildman–Crippen MR) is 81.5 cm³/mol. The smallest absolute Gasteiger partial charge is 0.260 e. The SMILES string of the molecule is Cc1[nH]nc(S(=O)(=O)NC(C)CN(C)C)c1CNC1CC1. The van der Waals surface area contributed by atoms with Gasteiger partial charge in [-0.3, -0.25) is 5.10 Å². The summed E-state index contributed by atoms with van der Waals surface area (Å²) in [6.45, 7) is 4.86. The van der Waals surface area contributed by atoms with E-state index in [4.69, 9.17) is 0 Å². The van der Waals surface area contributed by atoms with E-state index < -0.39 is 10.0 Å². The van der Waals surface area contributed by atoms with E-state index in [0.717, 1.165) is 24.1 Å². The molecule has 1 aliphatic carbocycles. The summed E-state index contributed by atoms with van der Waals surface area (Å²) in [5.74, 6) is 0. The highest BCUT2D eigenvalue weighted by Gasteiger charge is 2.27. The Labute approximate surface area is 126 Å². The zero-order valence-corrected chi connectivity index (χ0v) is 13.9. The normalized spacial score (nSPS) is 17.4. The Morgan fingerprint density at radius 3 is 2.67 bits per heavy atom. The molecule has 21 heavy (non-hydrogen) atoms. The molecule has 2 rings (SSSR count). The van der Waals surface area contributed by atoms with Crippen LogP contribution in [0, 0.1) is 6.92 Å². The molecule has 1 aliphatic rings. The summed E-state index contributed by atoms with van der Waals surface area (Å²) in [5.41, 5.74) is 1.52. The van der Waals surface area contributed by atoms with Crippen LogP contribution < -0.4 is 10.0 Å². The number of aromatic nitrogens is 2. The number of aryl methyl sites for hydroxylation is 1. The average Bonchev–Trinajstić information content (AvgIpc) is 3.08. The van der Waals surface area contributed by atoms with Gasteiger partial charge in [-0.15, -0.1) is 0 Å². The third-order valence-corrected chi connectivity index (χ3v) is 4.99. The Balaban J connectivity index is 2.11. The van der Waals surface area contributed by atoms with Crippen molar-refractivity contribution in [3.63, 3.8) is 0 Å². The number of nitrogens with zero attached hydrogens (tertiary/aromatic N) is 2. The van der Waals surface area contributed by atoms with Crippen molar-refractivity contribution >= 4 is 10.0 Å². The maximum Gasteiger partial charge on any atom is 0.260 e. The first kappa shape index (κ1) is 16.4. The minimum Gasteiger partial charge on any atom is -0.310 e. The van der Waals surface area contributed by atoms with Crippen LogP contribution in [0.2, 0.25) is 0 Å². The maximum absolute atomic E-state index is 12.5. The number of hydrogen-bond acceptors (Lipinski definition) is 5. The van der Waals surface area contributed by atoms with Gasteiger partial charge < -0.3 is 10.2 Å². The molecular weight excluding hydrogens is 290 g/mol. The van der Waals surface area contributed by atoms with Gasteiger partial charge in [-0.05, 0) is 40.8 Å². The van der Waals surface area contributed by atoms with E-state index in [2.05, 4.69) is 20.2 Å². The topological polar surface area (TPSA) is 90.1 Å². The number of nitrogens with one attached hydrogen (secondary N) is 3. The highest BCUT2D eigenvalue weighted by molar-refractivity contribution is 7.89. The second-order valence-electron chi connectivity index (χ2n) is 6.07. The first-order chi connectivity index (χ1) is 9.79. The van der Waals surface area contributed by atoms with Gasteiger partial charge in [-0.25, -0.2) is 13.1 Å². The van der Waals surface area contributed by atoms with Crippen molar-refractivity contribution in [2.75, 3.05) is 20.6 Å². The van der Waals surface area contributed by atoms with Crippen molar-refractivity contribution in [1.29, 1.82) is 0 Å². The number of likely N-dealkylation sites (N-methyl/N-ethyl adjacent to an activating group) is 1. The minimum absolute atomic E-state index is 0.110. The molecule has 1 aromatic heterocycles. The van der Waals surface area contributed by atoms with Crippen LogP contribution in [0.15, 0.2) is 5.03 Å². The quantitative estimate of drug-likeness (QED) is 0.637. The second kappa shape index (κ2) is 6.43. The Morgan fingerprint density at radius 2 is 2.10 bits per heavy atom. The molecule has 0 spiro atoms. The highest BCUT2D eigenvalue weighted by Crippen LogP contribution is 2.22. The summed E-state index contributed by atoms with van der Waals surface area (Å²) in [7, 11) is 0.221. The van der Waals surface area contributed by atoms with Gasteiger partial charge in [-0.2, -0.15) is 5.10 Å². The summed E-state index contributed by atoms with van der Waals surface area (Å²) in [5, 5.41) is 10.2. The number of rotatable bonds is 8. The molecule has 8 heteroatoms. The third kappa shape index (κ3) is 4.50. The number of hydrogen-bond donors (Lipinski definition) is 3. The van der Waals surface area contributed by atoms with E-state index in [-0.39, 0.29) is 11.1 Å². The predicted octanol–water partition coefficient (Wildman–Crippen LogP) is 0.199. The molecule has 1 unspecified atom stereocenters. The lowest BCUT2D eigenvalue weighted by Gasteiger charge is -2.18. The van der Waals surface area contributed by atoms with Gasteiger partial charge in [0, 0.05) is 36.4 Å². The van der Waals surface area contributed by atoms with Crippen molar-refractivity contribution in [1.82, 2.24) is 25.1 Å². The Kier molecular flexibility index (Phi) is 5.03. The fourth-order valence-corrected chi connectivity index (χ4v) is 3.73. The molecule has 7 nitrogen and oxygen atoms in total. The molecule has 1 fully saturated rings. The van der Waals surface area contributed by atoms with Crippen LogP contribution >= 0.6 is 0 Å². The van der Waals surface area contributed by atoms with Gasteiger partial charge in [0.2, 0.25) is 0 Å². The van der Waals surface area contributed by atoms with Crippen LogP contribution in [-0.2, 0) is 16.6 Å². The molecule has 1 heterocycles. The third-order valence-electron chi connectivity index (χ3n) is 3.43. The summed E-state index contributed by atoms with van der Waals surface area (Å²) in [6.07, 6.45) is 2.33. The van der Waals surface area contributed by atoms with Gasteiger partial charge in [0.05, 0.1) is 0 Å². The largest absolute Gasteiger partial charge is 0.310 e. The summed E-state index contributed by atoms with van der Waals surface area (Å²) in [4.78, 5) is 1.94. The lowest BCUT2D eigenvalue weighted by molar-refractivity contribution is 0.370. The Morgan fingerprint density at radius 1 is 1.43 bits per heavy atom. The van der Waals surface area contributed by atoms with Crippen molar-refractivity contribution < 1.29 is 8.42 Å². The number of sulfonamides is 1. The van der Waals surface area contributed by atoms with Crippen LogP contribution in [0.1, 0.15) is 31.0 Å². The van der Waals surface area contributed by atoms with E-state index in [9.17, 15) is 8.42 Å². The molecule has 0 amide bonds. The molecule has 0 radical (unpaired) electrons. The molecule has 3 N–H and O–H groups in total. The van der Waals surface area contributed by atoms with E-state index in [1.165, 1.54) is 0 Å². The van der Waals surface area contributed by atoms with Gasteiger partial charge in [0.25, 0.3) is 10.0 Å². The molecule has 0 aliphatic heterocycles.